The predicted octanol–water partition coefficient (Wildman–Crippen LogP) is 6.00. The van der Waals surface area contributed by atoms with Crippen molar-refractivity contribution in [2.45, 2.75) is 85.7 Å². The summed E-state index contributed by atoms with van der Waals surface area (Å²) in [7, 11) is 0. The molecule has 166 valence electrons. The molecule has 1 fully saturated rings. The number of hydrogen-bond donors (Lipinski definition) is 2. The van der Waals surface area contributed by atoms with E-state index in [0.29, 0.717) is 23.7 Å². The van der Waals surface area contributed by atoms with Crippen LogP contribution in [0.3, 0.4) is 0 Å². The third-order valence-corrected chi connectivity index (χ3v) is 6.65. The third kappa shape index (κ3) is 6.21. The monoisotopic (exact) mass is 414 g/mol. The quantitative estimate of drug-likeness (QED) is 0.512. The van der Waals surface area contributed by atoms with Crippen LogP contribution in [0.5, 0.6) is 5.75 Å². The molecule has 0 aromatic carbocycles. The lowest BCUT2D eigenvalue weighted by atomic mass is 9.63. The van der Waals surface area contributed by atoms with Gasteiger partial charge in [0.15, 0.2) is 0 Å². The van der Waals surface area contributed by atoms with Gasteiger partial charge in [0.25, 0.3) is 0 Å². The number of rotatable bonds is 8. The molecule has 2 N–H and O–H groups in total. The summed E-state index contributed by atoms with van der Waals surface area (Å²) in [4.78, 5) is 11.9. The van der Waals surface area contributed by atoms with Crippen LogP contribution >= 0.6 is 0 Å². The van der Waals surface area contributed by atoms with E-state index in [0.717, 1.165) is 38.5 Å². The Balaban J connectivity index is 1.85. The molecule has 4 heteroatoms. The second-order valence-electron chi connectivity index (χ2n) is 9.48. The Bertz CT molecular complexity index is 870. The highest BCUT2D eigenvalue weighted by Crippen LogP contribution is 2.45. The van der Waals surface area contributed by atoms with Crippen LogP contribution in [0.4, 0.5) is 0 Å². The van der Waals surface area contributed by atoms with E-state index < -0.39 is 5.63 Å². The van der Waals surface area contributed by atoms with Gasteiger partial charge in [0.1, 0.15) is 11.5 Å². The fourth-order valence-corrected chi connectivity index (χ4v) is 4.41. The van der Waals surface area contributed by atoms with Gasteiger partial charge in [0, 0.05) is 12.5 Å². The molecule has 1 aliphatic rings. The summed E-state index contributed by atoms with van der Waals surface area (Å²) in [6, 6.07) is 1.48. The molecule has 0 spiro atoms. The molecule has 2 rings (SSSR count). The van der Waals surface area contributed by atoms with Crippen molar-refractivity contribution in [2.75, 3.05) is 0 Å². The number of allylic oxidation sites excluding steroid dienone is 5. The molecule has 30 heavy (non-hydrogen) atoms. The molecule has 0 saturated heterocycles. The summed E-state index contributed by atoms with van der Waals surface area (Å²) < 4.78 is 5.06. The molecule has 4 nitrogen and oxygen atoms in total. The molecule has 0 amide bonds. The summed E-state index contributed by atoms with van der Waals surface area (Å²) in [5.41, 5.74) is 3.56. The fraction of sp³-hybridized carbons (Fsp3) is 0.577. The molecular formula is C26H38O4. The first-order valence-corrected chi connectivity index (χ1v) is 11.0. The van der Waals surface area contributed by atoms with Crippen LogP contribution in [0, 0.1) is 18.3 Å². The van der Waals surface area contributed by atoms with Crippen molar-refractivity contribution in [3.63, 3.8) is 0 Å². The van der Waals surface area contributed by atoms with Gasteiger partial charge in [0.2, 0.25) is 0 Å². The summed E-state index contributed by atoms with van der Waals surface area (Å²) >= 11 is 0. The Hall–Kier alpha value is -2.07. The number of aliphatic hydroxyl groups is 1. The number of hydrogen-bond acceptors (Lipinski definition) is 4. The summed E-state index contributed by atoms with van der Waals surface area (Å²) in [5, 5.41) is 20.3. The number of aliphatic hydroxyl groups excluding tert-OH is 1. The smallest absolute Gasteiger partial charge is 0.343 e. The minimum atomic E-state index is -0.468. The van der Waals surface area contributed by atoms with E-state index in [4.69, 9.17) is 4.42 Å². The summed E-state index contributed by atoms with van der Waals surface area (Å²) in [6.07, 6.45) is 10.1. The van der Waals surface area contributed by atoms with Crippen molar-refractivity contribution < 1.29 is 14.6 Å². The molecule has 1 aromatic heterocycles. The van der Waals surface area contributed by atoms with E-state index in [9.17, 15) is 15.0 Å². The predicted molar refractivity (Wildman–Crippen MR) is 123 cm³/mol. The second kappa shape index (κ2) is 10.3. The highest BCUT2D eigenvalue weighted by molar-refractivity contribution is 5.31. The van der Waals surface area contributed by atoms with E-state index in [1.807, 2.05) is 13.0 Å². The molecule has 1 saturated carbocycles. The van der Waals surface area contributed by atoms with Gasteiger partial charge >= 0.3 is 5.63 Å². The maximum absolute atomic E-state index is 11.9. The third-order valence-electron chi connectivity index (χ3n) is 6.65. The molecule has 0 bridgehead atoms. The Labute approximate surface area is 181 Å². The molecule has 0 unspecified atom stereocenters. The van der Waals surface area contributed by atoms with Gasteiger partial charge in [-0.15, -0.1) is 0 Å². The first-order valence-electron chi connectivity index (χ1n) is 11.0. The van der Waals surface area contributed by atoms with E-state index in [1.54, 1.807) is 6.92 Å². The highest BCUT2D eigenvalue weighted by Gasteiger charge is 2.40. The Kier molecular flexibility index (Phi) is 8.31. The van der Waals surface area contributed by atoms with Crippen LogP contribution in [-0.2, 0) is 6.42 Å². The van der Waals surface area contributed by atoms with E-state index >= 15 is 0 Å². The van der Waals surface area contributed by atoms with Gasteiger partial charge in [-0.2, -0.15) is 0 Å². The van der Waals surface area contributed by atoms with Crippen molar-refractivity contribution in [3.05, 3.63) is 63.3 Å². The first kappa shape index (κ1) is 24.2. The van der Waals surface area contributed by atoms with Gasteiger partial charge in [-0.3, -0.25) is 0 Å². The van der Waals surface area contributed by atoms with Crippen LogP contribution in [0.15, 0.2) is 50.7 Å². The average Bonchev–Trinajstić information content (AvgIpc) is 2.64. The van der Waals surface area contributed by atoms with E-state index in [2.05, 4.69) is 33.4 Å². The standard InChI is InChI=1S/C26H38O4/c1-17(10-13-21-23(27)16-20(4)30-25(21)29)8-7-9-18(2)11-14-22-19(3)12-15-24(28)26(22,5)6/h9-10,16,22,24,27-28H,3,7-8,11-15H2,1-2,4-6H3/t22-,24+/m1/s1. The van der Waals surface area contributed by atoms with Gasteiger partial charge < -0.3 is 14.6 Å². The second-order valence-corrected chi connectivity index (χ2v) is 9.48. The maximum atomic E-state index is 11.9. The molecule has 1 aliphatic carbocycles. The lowest BCUT2D eigenvalue weighted by Crippen LogP contribution is -2.41. The van der Waals surface area contributed by atoms with Crippen molar-refractivity contribution in [3.8, 4) is 5.75 Å². The topological polar surface area (TPSA) is 70.7 Å². The number of aromatic hydroxyl groups is 1. The van der Waals surface area contributed by atoms with Crippen molar-refractivity contribution in [2.24, 2.45) is 11.3 Å². The van der Waals surface area contributed by atoms with Crippen LogP contribution in [0.25, 0.3) is 0 Å². The van der Waals surface area contributed by atoms with Crippen LogP contribution in [-0.4, -0.2) is 16.3 Å². The Morgan fingerprint density at radius 1 is 1.27 bits per heavy atom. The van der Waals surface area contributed by atoms with Gasteiger partial charge in [-0.1, -0.05) is 49.3 Å². The maximum Gasteiger partial charge on any atom is 0.343 e. The first-order chi connectivity index (χ1) is 14.0. The zero-order valence-corrected chi connectivity index (χ0v) is 19.3. The van der Waals surface area contributed by atoms with Crippen LogP contribution in [0.1, 0.15) is 77.5 Å². The minimum absolute atomic E-state index is 0.000818. The average molecular weight is 415 g/mol. The highest BCUT2D eigenvalue weighted by atomic mass is 16.4. The Morgan fingerprint density at radius 2 is 1.93 bits per heavy atom. The van der Waals surface area contributed by atoms with Gasteiger partial charge in [-0.05, 0) is 70.6 Å². The van der Waals surface area contributed by atoms with E-state index in [1.165, 1.54) is 22.8 Å². The van der Waals surface area contributed by atoms with Crippen LogP contribution < -0.4 is 5.63 Å². The molecule has 0 radical (unpaired) electrons. The molecule has 1 heterocycles. The minimum Gasteiger partial charge on any atom is -0.507 e. The zero-order chi connectivity index (χ0) is 22.5. The molecule has 1 aromatic rings. The fourth-order valence-electron chi connectivity index (χ4n) is 4.41. The summed E-state index contributed by atoms with van der Waals surface area (Å²) in [6.45, 7) is 14.4. The van der Waals surface area contributed by atoms with Crippen molar-refractivity contribution in [1.82, 2.24) is 0 Å². The van der Waals surface area contributed by atoms with Gasteiger partial charge in [0.05, 0.1) is 11.7 Å². The van der Waals surface area contributed by atoms with Crippen LogP contribution in [0.2, 0.25) is 0 Å². The normalized spacial score (nSPS) is 22.4. The zero-order valence-electron chi connectivity index (χ0n) is 19.3. The molecule has 0 aliphatic heterocycles. The molecular weight excluding hydrogens is 376 g/mol. The summed E-state index contributed by atoms with van der Waals surface area (Å²) in [5.74, 6) is 0.776. The van der Waals surface area contributed by atoms with E-state index in [-0.39, 0.29) is 17.3 Å². The number of aryl methyl sites for hydroxylation is 1. The Morgan fingerprint density at radius 3 is 2.60 bits per heavy atom. The molecule has 2 atom stereocenters. The SMILES string of the molecule is C=C1CC[C@H](O)C(C)(C)[C@@H]1CCC(C)=CCCC(C)=CCc1c(O)cc(C)oc1=O. The lowest BCUT2D eigenvalue weighted by molar-refractivity contribution is -0.00880. The lowest BCUT2D eigenvalue weighted by Gasteiger charge is -2.44. The largest absolute Gasteiger partial charge is 0.507 e. The van der Waals surface area contributed by atoms with Crippen molar-refractivity contribution >= 4 is 0 Å². The van der Waals surface area contributed by atoms with Crippen molar-refractivity contribution in [1.29, 1.82) is 0 Å². The van der Waals surface area contributed by atoms with Gasteiger partial charge in [-0.25, -0.2) is 4.79 Å².